The molecule has 0 fully saturated rings. The van der Waals surface area contributed by atoms with E-state index in [1.165, 1.54) is 57.4 Å². The van der Waals surface area contributed by atoms with E-state index in [1.807, 2.05) is 0 Å². The molecule has 1 rings (SSSR count). The average molecular weight is 409 g/mol. The normalized spacial score (nSPS) is 11.6. The molecular formula is C20H34OSn. The van der Waals surface area contributed by atoms with Gasteiger partial charge < -0.3 is 0 Å². The third kappa shape index (κ3) is 5.40. The van der Waals surface area contributed by atoms with Crippen molar-refractivity contribution in [3.63, 3.8) is 0 Å². The summed E-state index contributed by atoms with van der Waals surface area (Å²) in [5.74, 6) is 0. The van der Waals surface area contributed by atoms with Crippen molar-refractivity contribution in [2.24, 2.45) is 0 Å². The third-order valence-corrected chi connectivity index (χ3v) is 21.1. The number of hydrogen-bond acceptors (Lipinski definition) is 1. The van der Waals surface area contributed by atoms with Crippen LogP contribution in [0.5, 0.6) is 0 Å². The number of rotatable bonds is 11. The first-order chi connectivity index (χ1) is 10.6. The van der Waals surface area contributed by atoms with Crippen LogP contribution in [-0.4, -0.2) is 24.7 Å². The zero-order valence-electron chi connectivity index (χ0n) is 15.1. The van der Waals surface area contributed by atoms with Gasteiger partial charge in [-0.15, -0.1) is 0 Å². The number of aryl methyl sites for hydroxylation is 1. The zero-order valence-corrected chi connectivity index (χ0v) is 17.9. The van der Waals surface area contributed by atoms with Crippen LogP contribution in [0.2, 0.25) is 13.3 Å². The Balaban J connectivity index is 3.21. The third-order valence-electron chi connectivity index (χ3n) is 4.98. The molecular weight excluding hydrogens is 375 g/mol. The number of carbonyl (C=O) groups is 1. The van der Waals surface area contributed by atoms with Gasteiger partial charge >= 0.3 is 142 Å². The molecule has 0 aliphatic heterocycles. The summed E-state index contributed by atoms with van der Waals surface area (Å²) in [4.78, 5) is 11.1. The Morgan fingerprint density at radius 2 is 1.41 bits per heavy atom. The molecule has 2 heteroatoms. The summed E-state index contributed by atoms with van der Waals surface area (Å²) in [6.45, 7) is 9.19. The average Bonchev–Trinajstić information content (AvgIpc) is 2.54. The standard InChI is InChI=1S/C8H7O.3C4H9.Sn/c1-7-3-2-4-8(5-7)6-9;3*1-3-4-2;/h2,4-6H,1H3;3*1,3-4H2,2H3;. The van der Waals surface area contributed by atoms with Crippen molar-refractivity contribution < 1.29 is 4.79 Å². The van der Waals surface area contributed by atoms with E-state index >= 15 is 0 Å². The van der Waals surface area contributed by atoms with Crippen molar-refractivity contribution in [3.05, 3.63) is 29.3 Å². The molecule has 0 aliphatic carbocycles. The number of aldehydes is 1. The van der Waals surface area contributed by atoms with Gasteiger partial charge in [-0.3, -0.25) is 0 Å². The van der Waals surface area contributed by atoms with Gasteiger partial charge in [-0.25, -0.2) is 0 Å². The summed E-state index contributed by atoms with van der Waals surface area (Å²) in [5, 5.41) is 0. The Labute approximate surface area is 141 Å². The topological polar surface area (TPSA) is 17.1 Å². The molecule has 0 spiro atoms. The second kappa shape index (κ2) is 10.5. The van der Waals surface area contributed by atoms with Crippen LogP contribution in [-0.2, 0) is 0 Å². The maximum atomic E-state index is 11.1. The van der Waals surface area contributed by atoms with Crippen LogP contribution < -0.4 is 3.58 Å². The minimum absolute atomic E-state index is 0.836. The molecule has 0 saturated carbocycles. The quantitative estimate of drug-likeness (QED) is 0.330. The van der Waals surface area contributed by atoms with E-state index in [-0.39, 0.29) is 0 Å². The van der Waals surface area contributed by atoms with Gasteiger partial charge in [0.1, 0.15) is 0 Å². The molecule has 0 heterocycles. The van der Waals surface area contributed by atoms with Crippen molar-refractivity contribution in [2.45, 2.75) is 79.5 Å². The van der Waals surface area contributed by atoms with E-state index in [0.29, 0.717) is 0 Å². The SMILES string of the molecule is CCC[CH2][Sn]([CH2]CCC)([CH2]CCC)[c]1ccc(C=O)cc1C. The van der Waals surface area contributed by atoms with E-state index in [1.54, 1.807) is 3.58 Å². The summed E-state index contributed by atoms with van der Waals surface area (Å²) >= 11 is -2.32. The van der Waals surface area contributed by atoms with Crippen LogP contribution in [0.3, 0.4) is 0 Å². The molecule has 22 heavy (non-hydrogen) atoms. The molecule has 0 aromatic heterocycles. The summed E-state index contributed by atoms with van der Waals surface area (Å²) < 4.78 is 6.18. The molecule has 0 atom stereocenters. The van der Waals surface area contributed by atoms with Crippen LogP contribution in [0.25, 0.3) is 0 Å². The molecule has 1 nitrogen and oxygen atoms in total. The van der Waals surface area contributed by atoms with E-state index in [2.05, 4.69) is 45.9 Å². The van der Waals surface area contributed by atoms with E-state index in [0.717, 1.165) is 11.8 Å². The Hall–Kier alpha value is -0.311. The first-order valence-corrected chi connectivity index (χ1v) is 16.7. The van der Waals surface area contributed by atoms with Gasteiger partial charge in [0.25, 0.3) is 0 Å². The molecule has 0 radical (unpaired) electrons. The summed E-state index contributed by atoms with van der Waals surface area (Å²) in [6.07, 6.45) is 9.07. The second-order valence-corrected chi connectivity index (χ2v) is 19.9. The number of benzene rings is 1. The molecule has 1 aromatic rings. The Morgan fingerprint density at radius 3 is 1.77 bits per heavy atom. The van der Waals surface area contributed by atoms with Gasteiger partial charge in [0.15, 0.2) is 0 Å². The van der Waals surface area contributed by atoms with Gasteiger partial charge in [-0.05, 0) is 0 Å². The zero-order chi connectivity index (χ0) is 16.4. The second-order valence-electron chi connectivity index (χ2n) is 6.78. The van der Waals surface area contributed by atoms with Crippen LogP contribution in [0.1, 0.15) is 75.2 Å². The fraction of sp³-hybridized carbons (Fsp3) is 0.650. The van der Waals surface area contributed by atoms with E-state index < -0.39 is 18.4 Å². The van der Waals surface area contributed by atoms with Crippen LogP contribution in [0.15, 0.2) is 18.2 Å². The predicted molar refractivity (Wildman–Crippen MR) is 101 cm³/mol. The van der Waals surface area contributed by atoms with Gasteiger partial charge in [0.2, 0.25) is 0 Å². The predicted octanol–water partition coefficient (Wildman–Crippen LogP) is 5.86. The molecule has 124 valence electrons. The summed E-state index contributed by atoms with van der Waals surface area (Å²) in [5.41, 5.74) is 2.23. The van der Waals surface area contributed by atoms with E-state index in [9.17, 15) is 4.79 Å². The van der Waals surface area contributed by atoms with Crippen molar-refractivity contribution in [1.82, 2.24) is 0 Å². The van der Waals surface area contributed by atoms with Crippen molar-refractivity contribution in [1.29, 1.82) is 0 Å². The number of carbonyl (C=O) groups excluding carboxylic acids is 1. The van der Waals surface area contributed by atoms with Crippen molar-refractivity contribution >= 4 is 28.2 Å². The summed E-state index contributed by atoms with van der Waals surface area (Å²) in [6, 6.07) is 6.51. The minimum atomic E-state index is -2.32. The van der Waals surface area contributed by atoms with Crippen LogP contribution in [0.4, 0.5) is 0 Å². The molecule has 1 aromatic carbocycles. The van der Waals surface area contributed by atoms with Crippen LogP contribution in [0, 0.1) is 6.92 Å². The van der Waals surface area contributed by atoms with E-state index in [4.69, 9.17) is 0 Å². The fourth-order valence-electron chi connectivity index (χ4n) is 3.68. The Bertz CT molecular complexity index is 431. The van der Waals surface area contributed by atoms with Gasteiger partial charge in [-0.2, -0.15) is 0 Å². The fourth-order valence-corrected chi connectivity index (χ4v) is 20.8. The summed E-state index contributed by atoms with van der Waals surface area (Å²) in [7, 11) is 0. The van der Waals surface area contributed by atoms with Gasteiger partial charge in [0.05, 0.1) is 0 Å². The Kier molecular flexibility index (Phi) is 9.38. The van der Waals surface area contributed by atoms with Gasteiger partial charge in [-0.1, -0.05) is 0 Å². The number of hydrogen-bond donors (Lipinski definition) is 0. The maximum absolute atomic E-state index is 11.1. The van der Waals surface area contributed by atoms with Crippen molar-refractivity contribution in [2.75, 3.05) is 0 Å². The Morgan fingerprint density at radius 1 is 0.909 bits per heavy atom. The van der Waals surface area contributed by atoms with Gasteiger partial charge in [0, 0.05) is 0 Å². The molecule has 0 amide bonds. The molecule has 0 saturated heterocycles. The monoisotopic (exact) mass is 410 g/mol. The number of unbranched alkanes of at least 4 members (excludes halogenated alkanes) is 3. The molecule has 0 aliphatic rings. The first-order valence-electron chi connectivity index (χ1n) is 9.19. The van der Waals surface area contributed by atoms with Crippen LogP contribution >= 0.6 is 0 Å². The molecule has 0 unspecified atom stereocenters. The molecule has 0 N–H and O–H groups in total. The first kappa shape index (κ1) is 19.7. The van der Waals surface area contributed by atoms with Crippen molar-refractivity contribution in [3.8, 4) is 0 Å². The molecule has 0 bridgehead atoms.